The number of rotatable bonds is 1. The quantitative estimate of drug-likeness (QED) is 0.622. The molecule has 2 N–H and O–H groups in total. The lowest BCUT2D eigenvalue weighted by Gasteiger charge is -1.94. The molecule has 1 aromatic heterocycles. The van der Waals surface area contributed by atoms with Crippen LogP contribution >= 0.6 is 0 Å². The van der Waals surface area contributed by atoms with Crippen LogP contribution < -0.4 is 5.73 Å². The van der Waals surface area contributed by atoms with E-state index in [-0.39, 0.29) is 0 Å². The third-order valence-electron chi connectivity index (χ3n) is 1.07. The van der Waals surface area contributed by atoms with Gasteiger partial charge in [-0.15, -0.1) is 0 Å². The molecule has 56 valence electrons. The molecule has 0 aliphatic rings. The second-order valence-electron chi connectivity index (χ2n) is 2.04. The molecule has 4 nitrogen and oxygen atoms in total. The van der Waals surface area contributed by atoms with Crippen LogP contribution in [0.2, 0.25) is 0 Å². The summed E-state index contributed by atoms with van der Waals surface area (Å²) in [5.74, 6) is 0. The zero-order valence-corrected chi connectivity index (χ0v) is 6.30. The zero-order chi connectivity index (χ0) is 7.78. The van der Waals surface area contributed by atoms with Crippen LogP contribution in [0.1, 0.15) is 0 Å². The molecule has 1 rings (SSSR count). The zero-order valence-electron chi connectivity index (χ0n) is 5.48. The Kier molecular flexibility index (Phi) is 1.44. The van der Waals surface area contributed by atoms with Crippen LogP contribution in [0.4, 0.5) is 5.69 Å². The minimum Gasteiger partial charge on any atom is -0.397 e. The molecular formula is C5H8N2O2S. The molecule has 0 aliphatic carbocycles. The predicted molar refractivity (Wildman–Crippen MR) is 39.1 cm³/mol. The van der Waals surface area contributed by atoms with Gasteiger partial charge in [-0.05, 0) is 6.07 Å². The van der Waals surface area contributed by atoms with E-state index in [0.29, 0.717) is 5.69 Å². The molecule has 10 heavy (non-hydrogen) atoms. The maximum absolute atomic E-state index is 10.8. The second-order valence-corrected chi connectivity index (χ2v) is 3.93. The Hall–Kier alpha value is -0.970. The van der Waals surface area contributed by atoms with Crippen molar-refractivity contribution in [1.82, 2.24) is 3.97 Å². The van der Waals surface area contributed by atoms with E-state index in [1.807, 2.05) is 0 Å². The van der Waals surface area contributed by atoms with Crippen LogP contribution in [0.15, 0.2) is 18.5 Å². The van der Waals surface area contributed by atoms with Crippen LogP contribution in [0.3, 0.4) is 0 Å². The maximum atomic E-state index is 10.8. The lowest BCUT2D eigenvalue weighted by molar-refractivity contribution is 0.593. The first-order valence-electron chi connectivity index (χ1n) is 2.64. The molecule has 0 radical (unpaired) electrons. The summed E-state index contributed by atoms with van der Waals surface area (Å²) in [6, 6.07) is 1.53. The van der Waals surface area contributed by atoms with E-state index in [9.17, 15) is 8.42 Å². The van der Waals surface area contributed by atoms with E-state index >= 15 is 0 Å². The summed E-state index contributed by atoms with van der Waals surface area (Å²) in [5, 5.41) is 0. The molecule has 0 amide bonds. The van der Waals surface area contributed by atoms with E-state index in [2.05, 4.69) is 0 Å². The molecule has 0 bridgehead atoms. The highest BCUT2D eigenvalue weighted by Gasteiger charge is 2.02. The first-order chi connectivity index (χ1) is 4.50. The van der Waals surface area contributed by atoms with E-state index in [1.54, 1.807) is 0 Å². The molecule has 0 saturated heterocycles. The second kappa shape index (κ2) is 2.02. The van der Waals surface area contributed by atoms with Crippen molar-refractivity contribution in [3.8, 4) is 0 Å². The van der Waals surface area contributed by atoms with Gasteiger partial charge < -0.3 is 5.73 Å². The number of nitrogen functional groups attached to an aromatic ring is 1. The fourth-order valence-corrected chi connectivity index (χ4v) is 1.19. The summed E-state index contributed by atoms with van der Waals surface area (Å²) in [6.07, 6.45) is 3.88. The van der Waals surface area contributed by atoms with Gasteiger partial charge >= 0.3 is 0 Å². The van der Waals surface area contributed by atoms with Gasteiger partial charge in [0, 0.05) is 12.4 Å². The molecule has 0 unspecified atom stereocenters. The highest BCUT2D eigenvalue weighted by atomic mass is 32.2. The van der Waals surface area contributed by atoms with Crippen LogP contribution in [-0.2, 0) is 10.0 Å². The van der Waals surface area contributed by atoms with Crippen LogP contribution in [0.5, 0.6) is 0 Å². The number of hydrogen-bond acceptors (Lipinski definition) is 3. The van der Waals surface area contributed by atoms with Gasteiger partial charge in [0.2, 0.25) is 10.0 Å². The van der Waals surface area contributed by atoms with E-state index in [1.165, 1.54) is 18.5 Å². The fraction of sp³-hybridized carbons (Fsp3) is 0.200. The summed E-state index contributed by atoms with van der Waals surface area (Å²) >= 11 is 0. The molecule has 5 heteroatoms. The molecule has 0 aliphatic heterocycles. The number of nitrogens with two attached hydrogens (primary N) is 1. The summed E-state index contributed by atoms with van der Waals surface area (Å²) in [7, 11) is -3.15. The van der Waals surface area contributed by atoms with Crippen molar-refractivity contribution in [1.29, 1.82) is 0 Å². The molecule has 1 aromatic rings. The summed E-state index contributed by atoms with van der Waals surface area (Å²) in [6.45, 7) is 0. The first-order valence-corrected chi connectivity index (χ1v) is 4.49. The van der Waals surface area contributed by atoms with Crippen molar-refractivity contribution in [2.75, 3.05) is 12.0 Å². The van der Waals surface area contributed by atoms with Crippen molar-refractivity contribution in [3.63, 3.8) is 0 Å². The minimum atomic E-state index is -3.15. The summed E-state index contributed by atoms with van der Waals surface area (Å²) < 4.78 is 22.6. The van der Waals surface area contributed by atoms with Crippen molar-refractivity contribution in [3.05, 3.63) is 18.5 Å². The lowest BCUT2D eigenvalue weighted by Crippen LogP contribution is -2.06. The van der Waals surface area contributed by atoms with Crippen LogP contribution in [0, 0.1) is 0 Å². The molecule has 1 heterocycles. The van der Waals surface area contributed by atoms with Gasteiger partial charge in [0.25, 0.3) is 0 Å². The standard InChI is InChI=1S/C5H8N2O2S/c1-10(8,9)7-3-2-5(6)4-7/h2-4H,6H2,1H3. The molecule has 0 saturated carbocycles. The molecular weight excluding hydrogens is 152 g/mol. The topological polar surface area (TPSA) is 65.1 Å². The monoisotopic (exact) mass is 160 g/mol. The predicted octanol–water partition coefficient (Wildman–Crippen LogP) is -0.122. The van der Waals surface area contributed by atoms with Crippen LogP contribution in [0.25, 0.3) is 0 Å². The number of hydrogen-bond donors (Lipinski definition) is 1. The Labute approximate surface area is 59.3 Å². The molecule has 0 atom stereocenters. The van der Waals surface area contributed by atoms with Crippen molar-refractivity contribution >= 4 is 15.7 Å². The van der Waals surface area contributed by atoms with Crippen molar-refractivity contribution < 1.29 is 8.42 Å². The van der Waals surface area contributed by atoms with Gasteiger partial charge in [0.1, 0.15) is 0 Å². The Morgan fingerprint density at radius 3 is 2.40 bits per heavy atom. The van der Waals surface area contributed by atoms with Gasteiger partial charge in [-0.1, -0.05) is 0 Å². The largest absolute Gasteiger partial charge is 0.397 e. The average molecular weight is 160 g/mol. The first kappa shape index (κ1) is 7.14. The Morgan fingerprint density at radius 2 is 2.20 bits per heavy atom. The van der Waals surface area contributed by atoms with Gasteiger partial charge in [0.15, 0.2) is 0 Å². The smallest absolute Gasteiger partial charge is 0.235 e. The average Bonchev–Trinajstić information content (AvgIpc) is 2.11. The highest BCUT2D eigenvalue weighted by Crippen LogP contribution is 2.03. The Balaban J connectivity index is 3.21. The van der Waals surface area contributed by atoms with Crippen molar-refractivity contribution in [2.24, 2.45) is 0 Å². The third kappa shape index (κ3) is 1.30. The minimum absolute atomic E-state index is 0.449. The van der Waals surface area contributed by atoms with Gasteiger partial charge in [-0.3, -0.25) is 3.97 Å². The van der Waals surface area contributed by atoms with E-state index in [0.717, 1.165) is 10.2 Å². The normalized spacial score (nSPS) is 11.7. The van der Waals surface area contributed by atoms with E-state index < -0.39 is 10.0 Å². The third-order valence-corrected chi connectivity index (χ3v) is 2.07. The van der Waals surface area contributed by atoms with Crippen molar-refractivity contribution in [2.45, 2.75) is 0 Å². The molecule has 0 spiro atoms. The Morgan fingerprint density at radius 1 is 1.60 bits per heavy atom. The number of aromatic nitrogens is 1. The van der Waals surface area contributed by atoms with E-state index in [4.69, 9.17) is 5.73 Å². The SMILES string of the molecule is CS(=O)(=O)n1ccc(N)c1. The Bertz CT molecular complexity index is 325. The van der Waals surface area contributed by atoms with Gasteiger partial charge in [-0.25, -0.2) is 8.42 Å². The number of anilines is 1. The number of nitrogens with zero attached hydrogens (tertiary/aromatic N) is 1. The van der Waals surface area contributed by atoms with Gasteiger partial charge in [0.05, 0.1) is 11.9 Å². The maximum Gasteiger partial charge on any atom is 0.235 e. The fourth-order valence-electron chi connectivity index (χ4n) is 0.599. The lowest BCUT2D eigenvalue weighted by atomic mass is 10.6. The summed E-state index contributed by atoms with van der Waals surface area (Å²) in [5.41, 5.74) is 5.74. The highest BCUT2D eigenvalue weighted by molar-refractivity contribution is 7.89. The molecule has 0 fully saturated rings. The van der Waals surface area contributed by atoms with Gasteiger partial charge in [-0.2, -0.15) is 0 Å². The van der Waals surface area contributed by atoms with Crippen LogP contribution in [-0.4, -0.2) is 18.6 Å². The summed E-state index contributed by atoms with van der Waals surface area (Å²) in [4.78, 5) is 0. The molecule has 0 aromatic carbocycles.